The number of amides is 1. The molecule has 27 heavy (non-hydrogen) atoms. The molecule has 0 radical (unpaired) electrons. The van der Waals surface area contributed by atoms with Crippen molar-refractivity contribution in [1.29, 1.82) is 0 Å². The van der Waals surface area contributed by atoms with Crippen molar-refractivity contribution < 1.29 is 14.6 Å². The van der Waals surface area contributed by atoms with Crippen molar-refractivity contribution in [1.82, 2.24) is 25.1 Å². The van der Waals surface area contributed by atoms with Gasteiger partial charge in [0, 0.05) is 18.7 Å². The van der Waals surface area contributed by atoms with Crippen LogP contribution in [0.4, 0.5) is 11.5 Å². The normalized spacial score (nSPS) is 16.7. The third-order valence-electron chi connectivity index (χ3n) is 4.19. The Morgan fingerprint density at radius 1 is 1.52 bits per heavy atom. The summed E-state index contributed by atoms with van der Waals surface area (Å²) in [5.74, 6) is -0.0459. The molecular formula is C17H25N7O3. The Labute approximate surface area is 157 Å². The summed E-state index contributed by atoms with van der Waals surface area (Å²) >= 11 is 0. The summed E-state index contributed by atoms with van der Waals surface area (Å²) in [6.07, 6.45) is 4.16. The number of hydrogen-bond acceptors (Lipinski definition) is 8. The van der Waals surface area contributed by atoms with Crippen LogP contribution in [-0.4, -0.2) is 56.6 Å². The lowest BCUT2D eigenvalue weighted by Crippen LogP contribution is -2.23. The molecule has 1 atom stereocenters. The predicted octanol–water partition coefficient (Wildman–Crippen LogP) is 0.372. The highest BCUT2D eigenvalue weighted by molar-refractivity contribution is 5.96. The third-order valence-corrected chi connectivity index (χ3v) is 4.19. The maximum atomic E-state index is 11.9. The third kappa shape index (κ3) is 4.52. The van der Waals surface area contributed by atoms with E-state index < -0.39 is 5.91 Å². The molecule has 1 aliphatic heterocycles. The van der Waals surface area contributed by atoms with Crippen molar-refractivity contribution in [3.05, 3.63) is 23.8 Å². The Bertz CT molecular complexity index is 800. The number of aromatic nitrogens is 4. The van der Waals surface area contributed by atoms with E-state index in [9.17, 15) is 4.79 Å². The number of rotatable bonds is 8. The highest BCUT2D eigenvalue weighted by atomic mass is 16.5. The van der Waals surface area contributed by atoms with Gasteiger partial charge >= 0.3 is 0 Å². The van der Waals surface area contributed by atoms with Crippen LogP contribution in [0.1, 0.15) is 42.4 Å². The molecule has 0 aromatic carbocycles. The zero-order valence-electron chi connectivity index (χ0n) is 15.5. The molecule has 5 N–H and O–H groups in total. The van der Waals surface area contributed by atoms with E-state index in [4.69, 9.17) is 15.6 Å². The van der Waals surface area contributed by atoms with Crippen LogP contribution in [0.5, 0.6) is 5.88 Å². The zero-order chi connectivity index (χ0) is 19.4. The van der Waals surface area contributed by atoms with Gasteiger partial charge in [-0.25, -0.2) is 4.98 Å². The zero-order valence-corrected chi connectivity index (χ0v) is 15.5. The molecule has 10 heteroatoms. The minimum Gasteiger partial charge on any atom is -0.472 e. The largest absolute Gasteiger partial charge is 0.472 e. The van der Waals surface area contributed by atoms with E-state index in [1.807, 2.05) is 13.8 Å². The smallest absolute Gasteiger partial charge is 0.271 e. The van der Waals surface area contributed by atoms with E-state index in [0.29, 0.717) is 23.8 Å². The van der Waals surface area contributed by atoms with E-state index in [1.54, 1.807) is 17.1 Å². The van der Waals surface area contributed by atoms with Gasteiger partial charge in [0.2, 0.25) is 5.88 Å². The van der Waals surface area contributed by atoms with E-state index in [2.05, 4.69) is 25.7 Å². The van der Waals surface area contributed by atoms with Crippen LogP contribution in [0.3, 0.4) is 0 Å². The lowest BCUT2D eigenvalue weighted by Gasteiger charge is -2.18. The summed E-state index contributed by atoms with van der Waals surface area (Å²) < 4.78 is 7.62. The van der Waals surface area contributed by atoms with Crippen molar-refractivity contribution in [2.75, 3.05) is 25.0 Å². The first-order valence-corrected chi connectivity index (χ1v) is 8.97. The number of carbonyl (C=O) groups excluding carboxylic acids is 1. The fraction of sp³-hybridized carbons (Fsp3) is 0.529. The van der Waals surface area contributed by atoms with Crippen LogP contribution >= 0.6 is 0 Å². The van der Waals surface area contributed by atoms with Gasteiger partial charge in [-0.15, -0.1) is 0 Å². The molecule has 0 saturated carbocycles. The minimum atomic E-state index is -0.677. The summed E-state index contributed by atoms with van der Waals surface area (Å²) in [6, 6.07) is 0. The molecule has 2 aromatic rings. The number of anilines is 2. The van der Waals surface area contributed by atoms with Crippen LogP contribution in [0.25, 0.3) is 0 Å². The first-order valence-electron chi connectivity index (χ1n) is 8.97. The minimum absolute atomic E-state index is 0.0105. The number of hydrogen-bond donors (Lipinski definition) is 4. The van der Waals surface area contributed by atoms with Gasteiger partial charge in [-0.1, -0.05) is 13.8 Å². The quantitative estimate of drug-likeness (QED) is 0.519. The first kappa shape index (κ1) is 19.1. The summed E-state index contributed by atoms with van der Waals surface area (Å²) in [6.45, 7) is 5.90. The second-order valence-electron chi connectivity index (χ2n) is 6.70. The van der Waals surface area contributed by atoms with E-state index in [1.165, 1.54) is 0 Å². The van der Waals surface area contributed by atoms with Crippen molar-refractivity contribution in [3.8, 4) is 5.88 Å². The molecule has 3 rings (SSSR count). The fourth-order valence-corrected chi connectivity index (χ4v) is 2.83. The number of carbonyl (C=O) groups is 1. The van der Waals surface area contributed by atoms with Crippen LogP contribution in [0.15, 0.2) is 12.4 Å². The molecule has 1 aliphatic rings. The van der Waals surface area contributed by atoms with Crippen LogP contribution in [0, 0.1) is 0 Å². The van der Waals surface area contributed by atoms with Gasteiger partial charge in [-0.3, -0.25) is 9.48 Å². The number of aliphatic hydroxyl groups excluding tert-OH is 1. The molecule has 146 valence electrons. The SMILES string of the molecule is CC(C)c1nc(C(N)=O)c(Nc2cnn(CCO)c2)nc1O[C@@H]1CCNC1. The van der Waals surface area contributed by atoms with Gasteiger partial charge in [0.05, 0.1) is 25.0 Å². The Morgan fingerprint density at radius 2 is 2.33 bits per heavy atom. The van der Waals surface area contributed by atoms with Gasteiger partial charge in [0.25, 0.3) is 5.91 Å². The second-order valence-corrected chi connectivity index (χ2v) is 6.70. The number of primary amides is 1. The summed E-state index contributed by atoms with van der Waals surface area (Å²) in [4.78, 5) is 20.9. The standard InChI is InChI=1S/C17H25N7O3/c1-10(2)13-17(27-12-3-4-19-8-12)23-16(14(22-13)15(18)26)21-11-7-20-24(9-11)5-6-25/h7,9-10,12,19,25H,3-6,8H2,1-2H3,(H2,18,26)(H,21,23)/t12-/m1/s1. The van der Waals surface area contributed by atoms with E-state index >= 15 is 0 Å². The Kier molecular flexibility index (Phi) is 5.87. The molecule has 1 saturated heterocycles. The van der Waals surface area contributed by atoms with Gasteiger partial charge in [0.15, 0.2) is 11.5 Å². The first-order chi connectivity index (χ1) is 13.0. The van der Waals surface area contributed by atoms with Crippen LogP contribution in [-0.2, 0) is 6.54 Å². The van der Waals surface area contributed by atoms with Gasteiger partial charge in [-0.2, -0.15) is 10.1 Å². The molecule has 0 spiro atoms. The fourth-order valence-electron chi connectivity index (χ4n) is 2.83. The van der Waals surface area contributed by atoms with Gasteiger partial charge in [0.1, 0.15) is 11.8 Å². The van der Waals surface area contributed by atoms with Crippen molar-refractivity contribution in [2.45, 2.75) is 38.8 Å². The Balaban J connectivity index is 1.94. The number of nitrogens with two attached hydrogens (primary N) is 1. The van der Waals surface area contributed by atoms with E-state index in [-0.39, 0.29) is 30.1 Å². The van der Waals surface area contributed by atoms with Crippen molar-refractivity contribution in [2.24, 2.45) is 5.73 Å². The van der Waals surface area contributed by atoms with E-state index in [0.717, 1.165) is 19.5 Å². The van der Waals surface area contributed by atoms with Crippen LogP contribution in [0.2, 0.25) is 0 Å². The number of nitrogens with zero attached hydrogens (tertiary/aromatic N) is 4. The molecule has 0 aliphatic carbocycles. The van der Waals surface area contributed by atoms with Crippen LogP contribution < -0.4 is 21.1 Å². The van der Waals surface area contributed by atoms with Crippen molar-refractivity contribution >= 4 is 17.4 Å². The highest BCUT2D eigenvalue weighted by Gasteiger charge is 2.24. The molecule has 0 unspecified atom stereocenters. The molecule has 0 bridgehead atoms. The van der Waals surface area contributed by atoms with Crippen molar-refractivity contribution in [3.63, 3.8) is 0 Å². The number of aliphatic hydroxyl groups is 1. The molecular weight excluding hydrogens is 350 g/mol. The molecule has 3 heterocycles. The Morgan fingerprint density at radius 3 is 2.96 bits per heavy atom. The molecule has 1 fully saturated rings. The maximum absolute atomic E-state index is 11.9. The number of nitrogens with one attached hydrogen (secondary N) is 2. The maximum Gasteiger partial charge on any atom is 0.271 e. The average Bonchev–Trinajstić information content (AvgIpc) is 3.27. The Hall–Kier alpha value is -2.72. The lowest BCUT2D eigenvalue weighted by molar-refractivity contribution is 0.0995. The predicted molar refractivity (Wildman–Crippen MR) is 99.1 cm³/mol. The second kappa shape index (κ2) is 8.31. The topological polar surface area (TPSA) is 140 Å². The molecule has 1 amide bonds. The summed E-state index contributed by atoms with van der Waals surface area (Å²) in [5, 5.41) is 19.4. The lowest BCUT2D eigenvalue weighted by atomic mass is 10.1. The van der Waals surface area contributed by atoms with Gasteiger partial charge in [-0.05, 0) is 13.0 Å². The molecule has 2 aromatic heterocycles. The summed E-state index contributed by atoms with van der Waals surface area (Å²) in [5.41, 5.74) is 6.76. The highest BCUT2D eigenvalue weighted by Crippen LogP contribution is 2.29. The van der Waals surface area contributed by atoms with Gasteiger partial charge < -0.3 is 26.2 Å². The molecule has 10 nitrogen and oxygen atoms in total. The number of ether oxygens (including phenoxy) is 1. The average molecular weight is 375 g/mol. The summed E-state index contributed by atoms with van der Waals surface area (Å²) in [7, 11) is 0. The monoisotopic (exact) mass is 375 g/mol.